The van der Waals surface area contributed by atoms with Crippen molar-refractivity contribution in [2.24, 2.45) is 0 Å². The van der Waals surface area contributed by atoms with Crippen molar-refractivity contribution in [3.05, 3.63) is 82.0 Å². The lowest BCUT2D eigenvalue weighted by atomic mass is 10.1. The Balaban J connectivity index is 1.81. The number of aromatic nitrogens is 4. The van der Waals surface area contributed by atoms with Crippen LogP contribution in [-0.4, -0.2) is 24.2 Å². The highest BCUT2D eigenvalue weighted by Crippen LogP contribution is 2.30. The Labute approximate surface area is 166 Å². The van der Waals surface area contributed by atoms with E-state index >= 15 is 0 Å². The summed E-state index contributed by atoms with van der Waals surface area (Å²) in [4.78, 5) is 21.8. The zero-order valence-electron chi connectivity index (χ0n) is 15.6. The summed E-state index contributed by atoms with van der Waals surface area (Å²) >= 11 is 1.33. The van der Waals surface area contributed by atoms with E-state index in [0.29, 0.717) is 17.4 Å². The first kappa shape index (κ1) is 18.2. The van der Waals surface area contributed by atoms with Crippen LogP contribution < -0.4 is 5.69 Å². The monoisotopic (exact) mass is 392 g/mol. The minimum atomic E-state index is -0.299. The van der Waals surface area contributed by atoms with Gasteiger partial charge in [0.15, 0.2) is 0 Å². The zero-order valence-corrected chi connectivity index (χ0v) is 16.4. The van der Waals surface area contributed by atoms with Crippen LogP contribution in [0.15, 0.2) is 65.0 Å². The molecule has 0 radical (unpaired) electrons. The highest BCUT2D eigenvalue weighted by atomic mass is 32.1. The SMILES string of the molecule is CC(C)c1c(O)n(-c2nc(-c3ccccc3)cs2)c(=O)n1Cc1ccncc1. The lowest BCUT2D eigenvalue weighted by Crippen LogP contribution is -2.25. The van der Waals surface area contributed by atoms with Gasteiger partial charge in [-0.25, -0.2) is 14.3 Å². The van der Waals surface area contributed by atoms with Gasteiger partial charge in [0.05, 0.1) is 17.9 Å². The van der Waals surface area contributed by atoms with Gasteiger partial charge < -0.3 is 5.11 Å². The van der Waals surface area contributed by atoms with Crippen LogP contribution in [0.25, 0.3) is 16.4 Å². The van der Waals surface area contributed by atoms with E-state index in [2.05, 4.69) is 9.97 Å². The van der Waals surface area contributed by atoms with Crippen molar-refractivity contribution >= 4 is 11.3 Å². The van der Waals surface area contributed by atoms with Crippen LogP contribution >= 0.6 is 11.3 Å². The lowest BCUT2D eigenvalue weighted by Gasteiger charge is -2.10. The molecule has 4 aromatic rings. The molecular weight excluding hydrogens is 372 g/mol. The van der Waals surface area contributed by atoms with Crippen LogP contribution in [0.3, 0.4) is 0 Å². The maximum atomic E-state index is 13.2. The maximum Gasteiger partial charge on any atom is 0.338 e. The summed E-state index contributed by atoms with van der Waals surface area (Å²) in [6.07, 6.45) is 3.39. The Hall–Kier alpha value is -3.19. The predicted octanol–water partition coefficient (Wildman–Crippen LogP) is 4.03. The summed E-state index contributed by atoms with van der Waals surface area (Å²) in [6.45, 7) is 4.28. The fourth-order valence-electron chi connectivity index (χ4n) is 3.22. The molecule has 6 nitrogen and oxygen atoms in total. The van der Waals surface area contributed by atoms with Gasteiger partial charge in [0.1, 0.15) is 0 Å². The quantitative estimate of drug-likeness (QED) is 0.556. The second-order valence-electron chi connectivity index (χ2n) is 6.80. The number of hydrogen-bond acceptors (Lipinski definition) is 5. The summed E-state index contributed by atoms with van der Waals surface area (Å²) in [5.41, 5.74) is 2.99. The third kappa shape index (κ3) is 3.25. The molecule has 28 heavy (non-hydrogen) atoms. The first-order valence-corrected chi connectivity index (χ1v) is 9.89. The van der Waals surface area contributed by atoms with Crippen molar-refractivity contribution in [3.63, 3.8) is 0 Å². The molecule has 0 aliphatic rings. The van der Waals surface area contributed by atoms with E-state index in [9.17, 15) is 9.90 Å². The summed E-state index contributed by atoms with van der Waals surface area (Å²) in [7, 11) is 0. The first-order valence-electron chi connectivity index (χ1n) is 9.01. The number of pyridine rings is 1. The first-order chi connectivity index (χ1) is 13.6. The molecule has 0 aliphatic carbocycles. The number of aromatic hydroxyl groups is 1. The molecule has 3 aromatic heterocycles. The molecule has 0 atom stereocenters. The van der Waals surface area contributed by atoms with E-state index in [1.807, 2.05) is 61.7 Å². The van der Waals surface area contributed by atoms with Gasteiger partial charge in [0.25, 0.3) is 0 Å². The molecule has 4 rings (SSSR count). The van der Waals surface area contributed by atoms with Crippen molar-refractivity contribution in [1.82, 2.24) is 19.1 Å². The van der Waals surface area contributed by atoms with Crippen molar-refractivity contribution in [1.29, 1.82) is 0 Å². The second-order valence-corrected chi connectivity index (χ2v) is 7.64. The standard InChI is InChI=1S/C21H20N4O2S/c1-14(2)18-19(26)25(21(27)24(18)12-15-8-10-22-11-9-15)20-23-17(13-28-20)16-6-4-3-5-7-16/h3-11,13-14,26H,12H2,1-2H3. The van der Waals surface area contributed by atoms with Crippen LogP contribution in [-0.2, 0) is 6.54 Å². The molecule has 0 saturated carbocycles. The molecule has 142 valence electrons. The van der Waals surface area contributed by atoms with Crippen molar-refractivity contribution in [3.8, 4) is 22.3 Å². The molecule has 1 N–H and O–H groups in total. The fraction of sp³-hybridized carbons (Fsp3) is 0.190. The van der Waals surface area contributed by atoms with Gasteiger partial charge in [-0.2, -0.15) is 0 Å². The number of hydrogen-bond donors (Lipinski definition) is 1. The molecule has 0 aliphatic heterocycles. The average Bonchev–Trinajstić information content (AvgIpc) is 3.26. The molecule has 7 heteroatoms. The molecule has 0 fully saturated rings. The van der Waals surface area contributed by atoms with Gasteiger partial charge in [-0.05, 0) is 23.6 Å². The fourth-order valence-corrected chi connectivity index (χ4v) is 4.05. The van der Waals surface area contributed by atoms with Crippen molar-refractivity contribution < 1.29 is 5.11 Å². The summed E-state index contributed by atoms with van der Waals surface area (Å²) < 4.78 is 2.91. The van der Waals surface area contributed by atoms with E-state index in [4.69, 9.17) is 0 Å². The Morgan fingerprint density at radius 2 is 1.82 bits per heavy atom. The highest BCUT2D eigenvalue weighted by molar-refractivity contribution is 7.12. The molecule has 3 heterocycles. The zero-order chi connectivity index (χ0) is 19.7. The van der Waals surface area contributed by atoms with Crippen molar-refractivity contribution in [2.75, 3.05) is 0 Å². The third-order valence-electron chi connectivity index (χ3n) is 4.54. The Kier molecular flexibility index (Phi) is 4.83. The summed E-state index contributed by atoms with van der Waals surface area (Å²) in [6, 6.07) is 13.5. The van der Waals surface area contributed by atoms with Gasteiger partial charge >= 0.3 is 5.69 Å². The Morgan fingerprint density at radius 1 is 1.11 bits per heavy atom. The van der Waals surface area contributed by atoms with Crippen molar-refractivity contribution in [2.45, 2.75) is 26.3 Å². The number of thiazole rings is 1. The maximum absolute atomic E-state index is 13.2. The Morgan fingerprint density at radius 3 is 2.50 bits per heavy atom. The average molecular weight is 392 g/mol. The van der Waals surface area contributed by atoms with Gasteiger partial charge in [-0.1, -0.05) is 44.2 Å². The van der Waals surface area contributed by atoms with E-state index in [0.717, 1.165) is 16.8 Å². The van der Waals surface area contributed by atoms with E-state index in [-0.39, 0.29) is 17.5 Å². The Bertz CT molecular complexity index is 1140. The van der Waals surface area contributed by atoms with E-state index in [1.54, 1.807) is 17.0 Å². The molecule has 1 aromatic carbocycles. The lowest BCUT2D eigenvalue weighted by molar-refractivity contribution is 0.430. The van der Waals surface area contributed by atoms with Gasteiger partial charge in [-0.3, -0.25) is 9.55 Å². The minimum Gasteiger partial charge on any atom is -0.493 e. The molecule has 0 saturated heterocycles. The second kappa shape index (κ2) is 7.44. The summed E-state index contributed by atoms with van der Waals surface area (Å²) in [5, 5.41) is 13.2. The van der Waals surface area contributed by atoms with Gasteiger partial charge in [0.2, 0.25) is 11.0 Å². The number of imidazole rings is 1. The van der Waals surface area contributed by atoms with Crippen LogP contribution in [0.1, 0.15) is 31.0 Å². The number of rotatable bonds is 5. The van der Waals surface area contributed by atoms with Gasteiger partial charge in [0, 0.05) is 23.3 Å². The molecule has 0 amide bonds. The van der Waals surface area contributed by atoms with Gasteiger partial charge in [-0.15, -0.1) is 11.3 Å². The van der Waals surface area contributed by atoms with E-state index < -0.39 is 0 Å². The topological polar surface area (TPSA) is 72.9 Å². The van der Waals surface area contributed by atoms with Crippen LogP contribution in [0, 0.1) is 0 Å². The molecule has 0 spiro atoms. The normalized spacial score (nSPS) is 11.2. The molecule has 0 unspecified atom stereocenters. The predicted molar refractivity (Wildman–Crippen MR) is 110 cm³/mol. The third-order valence-corrected chi connectivity index (χ3v) is 5.37. The molecular formula is C21H20N4O2S. The number of benzene rings is 1. The minimum absolute atomic E-state index is 0.0238. The smallest absolute Gasteiger partial charge is 0.338 e. The summed E-state index contributed by atoms with van der Waals surface area (Å²) in [5.74, 6) is -0.0765. The van der Waals surface area contributed by atoms with Crippen LogP contribution in [0.2, 0.25) is 0 Å². The largest absolute Gasteiger partial charge is 0.493 e. The highest BCUT2D eigenvalue weighted by Gasteiger charge is 2.24. The molecule has 0 bridgehead atoms. The van der Waals surface area contributed by atoms with Crippen LogP contribution in [0.5, 0.6) is 5.88 Å². The van der Waals surface area contributed by atoms with E-state index in [1.165, 1.54) is 15.9 Å². The van der Waals surface area contributed by atoms with Crippen LogP contribution in [0.4, 0.5) is 0 Å². The number of nitrogens with zero attached hydrogens (tertiary/aromatic N) is 4.